The van der Waals surface area contributed by atoms with Crippen LogP contribution in [-0.4, -0.2) is 93.3 Å². The molecular formula is C48H48N7O10P. The molecule has 3 heterocycles. The normalized spacial score (nSPS) is 16.5. The van der Waals surface area contributed by atoms with Gasteiger partial charge in [-0.05, 0) is 72.1 Å². The van der Waals surface area contributed by atoms with Crippen LogP contribution in [0.1, 0.15) is 36.3 Å². The van der Waals surface area contributed by atoms with Crippen molar-refractivity contribution in [1.29, 1.82) is 0 Å². The number of imidazole rings is 1. The largest absolute Gasteiger partial charge is 0.497 e. The smallest absolute Gasteiger partial charge is 0.469 e. The Morgan fingerprint density at radius 2 is 1.33 bits per heavy atom. The lowest BCUT2D eigenvalue weighted by Crippen LogP contribution is -2.38. The van der Waals surface area contributed by atoms with Gasteiger partial charge < -0.3 is 38.4 Å². The first-order valence-electron chi connectivity index (χ1n) is 20.8. The van der Waals surface area contributed by atoms with E-state index >= 15 is 0 Å². The first-order valence-corrected chi connectivity index (χ1v) is 22.4. The summed E-state index contributed by atoms with van der Waals surface area (Å²) in [5.41, 5.74) is 2.45. The fourth-order valence-electron chi connectivity index (χ4n) is 7.70. The lowest BCUT2D eigenvalue weighted by molar-refractivity contribution is -0.0921. The molecule has 0 radical (unpaired) electrons. The highest BCUT2D eigenvalue weighted by Crippen LogP contribution is 2.47. The Labute approximate surface area is 381 Å². The number of carbonyl (C=O) groups excluding carboxylic acids is 1. The maximum absolute atomic E-state index is 14.1. The number of para-hydroxylation sites is 2. The van der Waals surface area contributed by atoms with Gasteiger partial charge in [0.05, 0.1) is 38.5 Å². The van der Waals surface area contributed by atoms with E-state index in [1.54, 1.807) is 79.1 Å². The van der Waals surface area contributed by atoms with Gasteiger partial charge in [-0.2, -0.15) is 9.97 Å². The van der Waals surface area contributed by atoms with E-state index in [-0.39, 0.29) is 36.0 Å². The number of fused-ring (bicyclic) bond motifs is 1. The molecule has 0 saturated carbocycles. The zero-order chi connectivity index (χ0) is 46.4. The molecule has 18 heteroatoms. The summed E-state index contributed by atoms with van der Waals surface area (Å²) in [5, 5.41) is 0. The van der Waals surface area contributed by atoms with Crippen LogP contribution in [0.15, 0.2) is 151 Å². The average Bonchev–Trinajstić information content (AvgIpc) is 3.93. The van der Waals surface area contributed by atoms with Gasteiger partial charge in [-0.3, -0.25) is 9.09 Å². The zero-order valence-corrected chi connectivity index (χ0v) is 37.6. The first-order chi connectivity index (χ1) is 31.9. The molecule has 2 N–H and O–H groups in total. The molecule has 3 atom stereocenters. The van der Waals surface area contributed by atoms with Crippen molar-refractivity contribution in [3.8, 4) is 17.5 Å². The maximum Gasteiger partial charge on any atom is 0.469 e. The van der Waals surface area contributed by atoms with Crippen LogP contribution in [0.2, 0.25) is 0 Å². The summed E-state index contributed by atoms with van der Waals surface area (Å²) in [5.74, 6) is 1.94. The average molecular weight is 914 g/mol. The molecule has 0 unspecified atom stereocenters. The third-order valence-electron chi connectivity index (χ3n) is 11.1. The van der Waals surface area contributed by atoms with E-state index in [1.165, 1.54) is 11.2 Å². The number of nitrogens with zero attached hydrogens (tertiary/aromatic N) is 7. The molecule has 66 heavy (non-hydrogen) atoms. The molecule has 17 nitrogen and oxygen atoms in total. The number of aliphatic imine (C=N–C) groups is 1. The summed E-state index contributed by atoms with van der Waals surface area (Å²) in [7, 11) is 1.73. The van der Waals surface area contributed by atoms with Crippen molar-refractivity contribution in [3.05, 3.63) is 163 Å². The zero-order valence-electron chi connectivity index (χ0n) is 36.7. The van der Waals surface area contributed by atoms with E-state index in [4.69, 9.17) is 33.2 Å². The van der Waals surface area contributed by atoms with Gasteiger partial charge in [-0.1, -0.05) is 91.0 Å². The minimum atomic E-state index is -5.08. The van der Waals surface area contributed by atoms with Gasteiger partial charge in [0.25, 0.3) is 0 Å². The molecule has 1 aliphatic heterocycles. The van der Waals surface area contributed by atoms with Gasteiger partial charge in [-0.25, -0.2) is 24.2 Å². The Morgan fingerprint density at radius 3 is 1.85 bits per heavy atom. The summed E-state index contributed by atoms with van der Waals surface area (Å²) in [4.78, 5) is 56.2. The quantitative estimate of drug-likeness (QED) is 0.0430. The molecule has 2 aromatic heterocycles. The van der Waals surface area contributed by atoms with Gasteiger partial charge in [0.2, 0.25) is 0 Å². The molecule has 7 aromatic rings. The van der Waals surface area contributed by atoms with Gasteiger partial charge in [0.1, 0.15) is 41.4 Å². The van der Waals surface area contributed by atoms with Crippen molar-refractivity contribution in [2.45, 2.75) is 37.4 Å². The van der Waals surface area contributed by atoms with Gasteiger partial charge >= 0.3 is 19.9 Å². The summed E-state index contributed by atoms with van der Waals surface area (Å²) >= 11 is 0. The Hall–Kier alpha value is -6.98. The molecule has 1 saturated heterocycles. The molecular weight excluding hydrogens is 866 g/mol. The minimum Gasteiger partial charge on any atom is -0.497 e. The van der Waals surface area contributed by atoms with E-state index < -0.39 is 38.0 Å². The molecule has 1 aliphatic rings. The van der Waals surface area contributed by atoms with Crippen molar-refractivity contribution in [2.24, 2.45) is 4.99 Å². The van der Waals surface area contributed by atoms with Gasteiger partial charge in [0.15, 0.2) is 17.0 Å². The molecule has 0 aliphatic carbocycles. The number of benzene rings is 5. The number of anilines is 2. The molecule has 1 amide bonds. The Bertz CT molecular complexity index is 2740. The monoisotopic (exact) mass is 913 g/mol. The summed E-state index contributed by atoms with van der Waals surface area (Å²) in [6.45, 7) is 1.57. The van der Waals surface area contributed by atoms with Gasteiger partial charge in [0, 0.05) is 20.5 Å². The second-order valence-corrected chi connectivity index (χ2v) is 16.6. The van der Waals surface area contributed by atoms with Crippen molar-refractivity contribution in [3.63, 3.8) is 0 Å². The van der Waals surface area contributed by atoms with Crippen molar-refractivity contribution < 1.29 is 47.4 Å². The van der Waals surface area contributed by atoms with E-state index in [1.807, 2.05) is 105 Å². The van der Waals surface area contributed by atoms with Crippen molar-refractivity contribution >= 4 is 48.1 Å². The molecule has 340 valence electrons. The maximum atomic E-state index is 14.1. The number of ether oxygens (including phenoxy) is 5. The Balaban J connectivity index is 1.18. The topological polar surface area (TPSA) is 192 Å². The van der Waals surface area contributed by atoms with Gasteiger partial charge in [-0.15, -0.1) is 0 Å². The predicted molar refractivity (Wildman–Crippen MR) is 247 cm³/mol. The van der Waals surface area contributed by atoms with Crippen LogP contribution in [0.4, 0.5) is 22.0 Å². The number of phosphoric ester groups is 1. The number of phosphoric acid groups is 1. The predicted octanol–water partition coefficient (Wildman–Crippen LogP) is 8.57. The van der Waals surface area contributed by atoms with Crippen molar-refractivity contribution in [2.75, 3.05) is 39.8 Å². The van der Waals surface area contributed by atoms with Crippen LogP contribution in [0.3, 0.4) is 0 Å². The molecule has 0 spiro atoms. The van der Waals surface area contributed by atoms with E-state index in [9.17, 15) is 19.1 Å². The Morgan fingerprint density at radius 1 is 0.803 bits per heavy atom. The third-order valence-corrected chi connectivity index (χ3v) is 11.6. The van der Waals surface area contributed by atoms with Crippen LogP contribution >= 0.6 is 7.82 Å². The third kappa shape index (κ3) is 9.82. The first kappa shape index (κ1) is 45.6. The fourth-order valence-corrected chi connectivity index (χ4v) is 8.27. The molecule has 8 rings (SSSR count). The second-order valence-electron chi connectivity index (χ2n) is 15.4. The highest BCUT2D eigenvalue weighted by atomic mass is 31.2. The number of rotatable bonds is 15. The van der Waals surface area contributed by atoms with Crippen LogP contribution in [0, 0.1) is 0 Å². The number of hydrogen-bond donors (Lipinski definition) is 2. The van der Waals surface area contributed by atoms with E-state index in [0.717, 1.165) is 16.7 Å². The fraction of sp³-hybridized carbons (Fsp3) is 0.229. The van der Waals surface area contributed by atoms with Crippen LogP contribution in [-0.2, 0) is 24.2 Å². The van der Waals surface area contributed by atoms with Crippen LogP contribution < -0.4 is 19.1 Å². The number of carbonyl (C=O) groups is 1. The summed E-state index contributed by atoms with van der Waals surface area (Å²) in [6.07, 6.45) is -2.62. The number of amidine groups is 1. The standard InChI is InChI=1S/C48H48N7O10P/c1-32(53(2)3)50-44-43-45(52-46(51-44)64-47(56)55(36-17-11-7-12-18-36)37-19-13-8-14-20-37)54(31-49-43)42-29-40(65-66(57,58)59)41(63-42)30-62-48(33-15-9-6-10-16-33,34-21-25-38(60-4)26-22-34)35-23-27-39(61-5)28-24-35/h6-28,31,40-42H,29-30H2,1-5H3,(H2,57,58,59)/b50-32+/t40-,41+,42+/m0/s1. The number of hydrogen-bond acceptors (Lipinski definition) is 12. The number of amides is 1. The molecule has 5 aromatic carbocycles. The number of methoxy groups -OCH3 is 2. The van der Waals surface area contributed by atoms with Crippen molar-refractivity contribution in [1.82, 2.24) is 24.4 Å². The van der Waals surface area contributed by atoms with Crippen LogP contribution in [0.25, 0.3) is 11.2 Å². The molecule has 0 bridgehead atoms. The highest BCUT2D eigenvalue weighted by Gasteiger charge is 2.45. The van der Waals surface area contributed by atoms with E-state index in [0.29, 0.717) is 28.7 Å². The second kappa shape index (κ2) is 19.6. The summed E-state index contributed by atoms with van der Waals surface area (Å²) in [6, 6.07) is 42.2. The Kier molecular flexibility index (Phi) is 13.6. The lowest BCUT2D eigenvalue weighted by atomic mass is 9.80. The lowest BCUT2D eigenvalue weighted by Gasteiger charge is -2.37. The number of aromatic nitrogens is 4. The summed E-state index contributed by atoms with van der Waals surface area (Å²) < 4.78 is 50.2. The highest BCUT2D eigenvalue weighted by molar-refractivity contribution is 7.46. The SMILES string of the molecule is COc1ccc(C(OC[C@H]2O[C@@H](n3cnc4c(/N=C(\C)N(C)C)nc(OC(=O)N(c5ccccc5)c5ccccc5)nc43)C[C@@H]2OP(=O)(O)O)(c2ccccc2)c2ccc(OC)cc2)cc1. The minimum absolute atomic E-state index is 0.0712. The van der Waals surface area contributed by atoms with E-state index in [2.05, 4.69) is 15.0 Å². The molecule has 1 fully saturated rings. The van der Waals surface area contributed by atoms with Crippen LogP contribution in [0.5, 0.6) is 17.5 Å².